The Bertz CT molecular complexity index is 1870. The second-order valence-electron chi connectivity index (χ2n) is 11.4. The summed E-state index contributed by atoms with van der Waals surface area (Å²) in [5.41, 5.74) is 2.85. The number of benzene rings is 2. The number of fused-ring (bicyclic) bond motifs is 2. The Morgan fingerprint density at radius 2 is 2.00 bits per heavy atom. The molecule has 10 nitrogen and oxygen atoms in total. The van der Waals surface area contributed by atoms with Gasteiger partial charge in [-0.3, -0.25) is 9.89 Å². The Balaban J connectivity index is 1.57. The van der Waals surface area contributed by atoms with Crippen LogP contribution in [-0.4, -0.2) is 88.2 Å². The van der Waals surface area contributed by atoms with Crippen LogP contribution in [0, 0.1) is 24.1 Å². The Hall–Kier alpha value is -4.53. The van der Waals surface area contributed by atoms with Crippen molar-refractivity contribution in [1.29, 1.82) is 5.26 Å². The van der Waals surface area contributed by atoms with Crippen LogP contribution in [0.3, 0.4) is 0 Å². The second-order valence-corrected chi connectivity index (χ2v) is 11.8. The molecule has 43 heavy (non-hydrogen) atoms. The van der Waals surface area contributed by atoms with Crippen molar-refractivity contribution in [3.05, 3.63) is 65.2 Å². The number of nitrogens with one attached hydrogen (secondary N) is 1. The second kappa shape index (κ2) is 10.6. The van der Waals surface area contributed by atoms with Gasteiger partial charge in [0, 0.05) is 59.3 Å². The molecule has 1 N–H and O–H groups in total. The number of halogens is 2. The number of anilines is 2. The quantitative estimate of drug-likeness (QED) is 0.331. The number of H-pyrrole nitrogens is 1. The van der Waals surface area contributed by atoms with Crippen molar-refractivity contribution in [2.75, 3.05) is 50.1 Å². The number of likely N-dealkylation sites (N-methyl/N-ethyl adjacent to an activating group) is 1. The Kier molecular flexibility index (Phi) is 7.07. The highest BCUT2D eigenvalue weighted by Gasteiger charge is 2.35. The monoisotopic (exact) mass is 599 g/mol. The summed E-state index contributed by atoms with van der Waals surface area (Å²) in [5.74, 6) is 0.0890. The summed E-state index contributed by atoms with van der Waals surface area (Å²) in [5, 5.41) is 17.8. The van der Waals surface area contributed by atoms with Crippen LogP contribution in [0.2, 0.25) is 5.02 Å². The van der Waals surface area contributed by atoms with E-state index in [-0.39, 0.29) is 33.7 Å². The van der Waals surface area contributed by atoms with Crippen molar-refractivity contribution in [2.24, 2.45) is 0 Å². The lowest BCUT2D eigenvalue weighted by Crippen LogP contribution is -2.58. The van der Waals surface area contributed by atoms with Gasteiger partial charge >= 0.3 is 0 Å². The van der Waals surface area contributed by atoms with Crippen LogP contribution in [0.25, 0.3) is 32.9 Å². The zero-order chi connectivity index (χ0) is 30.7. The van der Waals surface area contributed by atoms with Crippen molar-refractivity contribution in [3.8, 4) is 17.2 Å². The third kappa shape index (κ3) is 4.58. The van der Waals surface area contributed by atoms with Crippen LogP contribution < -0.4 is 9.80 Å². The molecule has 0 aliphatic carbocycles. The molecule has 6 rings (SSSR count). The number of piperazine rings is 1. The van der Waals surface area contributed by atoms with Crippen LogP contribution in [-0.2, 0) is 4.79 Å². The van der Waals surface area contributed by atoms with Gasteiger partial charge in [0.1, 0.15) is 17.4 Å². The van der Waals surface area contributed by atoms with Gasteiger partial charge in [-0.25, -0.2) is 9.37 Å². The van der Waals surface area contributed by atoms with Gasteiger partial charge in [0.25, 0.3) is 0 Å². The molecular weight excluding hydrogens is 569 g/mol. The standard InChI is InChI=1S/C31H31ClFN9O/c1-7-24(43)41-12-18(4)42(13-17(41)3)30-20-10-21(32)26(25-16(2)8-9-22-27(25)23(11-34)38-37-22)28(33)29(20)35-31(36-30)40-14-19(15-40)39(5)6/h7-10,18-19H,1,3,12-15H2,2,4-6H3,(H,37,38)/t18-/m0/s1. The summed E-state index contributed by atoms with van der Waals surface area (Å²) >= 11 is 6.91. The number of aryl methyl sites for hydroxylation is 1. The highest BCUT2D eigenvalue weighted by Crippen LogP contribution is 2.43. The van der Waals surface area contributed by atoms with E-state index < -0.39 is 5.82 Å². The third-order valence-corrected chi connectivity index (χ3v) is 8.75. The highest BCUT2D eigenvalue weighted by atomic mass is 35.5. The van der Waals surface area contributed by atoms with Crippen molar-refractivity contribution in [3.63, 3.8) is 0 Å². The van der Waals surface area contributed by atoms with Crippen molar-refractivity contribution >= 4 is 51.1 Å². The summed E-state index contributed by atoms with van der Waals surface area (Å²) < 4.78 is 17.0. The predicted molar refractivity (Wildman–Crippen MR) is 167 cm³/mol. The van der Waals surface area contributed by atoms with Gasteiger partial charge in [-0.1, -0.05) is 30.8 Å². The number of carbonyl (C=O) groups is 1. The van der Waals surface area contributed by atoms with Crippen molar-refractivity contribution in [1.82, 2.24) is 30.0 Å². The first-order chi connectivity index (χ1) is 20.5. The van der Waals surface area contributed by atoms with Crippen LogP contribution in [0.5, 0.6) is 0 Å². The SMILES string of the molecule is C=CC(=O)N1C[C@H](C)N(c2nc(N3CC(N(C)C)C3)nc3c(F)c(-c4c(C)ccc5[nH]nc(C#N)c45)c(Cl)cc23)CC1=C. The topological polar surface area (TPSA) is 108 Å². The number of hydrogen-bond acceptors (Lipinski definition) is 8. The Morgan fingerprint density at radius 3 is 2.67 bits per heavy atom. The molecule has 2 fully saturated rings. The molecule has 4 heterocycles. The lowest BCUT2D eigenvalue weighted by molar-refractivity contribution is -0.124. The van der Waals surface area contributed by atoms with Crippen molar-refractivity contribution < 1.29 is 9.18 Å². The zero-order valence-corrected chi connectivity index (χ0v) is 25.2. The van der Waals surface area contributed by atoms with Gasteiger partial charge in [0.2, 0.25) is 11.9 Å². The molecule has 2 aromatic heterocycles. The smallest absolute Gasteiger partial charge is 0.250 e. The first kappa shape index (κ1) is 28.6. The maximum absolute atomic E-state index is 17.0. The van der Waals surface area contributed by atoms with Gasteiger partial charge < -0.3 is 19.6 Å². The molecule has 1 atom stereocenters. The summed E-state index contributed by atoms with van der Waals surface area (Å²) in [6.45, 7) is 13.6. The molecule has 0 spiro atoms. The molecule has 2 aliphatic rings. The first-order valence-corrected chi connectivity index (χ1v) is 14.3. The number of nitrogens with zero attached hydrogens (tertiary/aromatic N) is 8. The summed E-state index contributed by atoms with van der Waals surface area (Å²) in [7, 11) is 4.04. The van der Waals surface area contributed by atoms with Crippen molar-refractivity contribution in [2.45, 2.75) is 25.9 Å². The molecule has 0 radical (unpaired) electrons. The van der Waals surface area contributed by atoms with Gasteiger partial charge in [0.15, 0.2) is 11.5 Å². The first-order valence-electron chi connectivity index (χ1n) is 13.9. The van der Waals surface area contributed by atoms with E-state index in [0.717, 1.165) is 5.56 Å². The number of rotatable bonds is 5. The molecule has 220 valence electrons. The average molecular weight is 600 g/mol. The molecule has 0 saturated carbocycles. The minimum Gasteiger partial charge on any atom is -0.346 e. The molecule has 2 aromatic carbocycles. The lowest BCUT2D eigenvalue weighted by Gasteiger charge is -2.44. The van der Waals surface area contributed by atoms with Crippen LogP contribution >= 0.6 is 11.6 Å². The summed E-state index contributed by atoms with van der Waals surface area (Å²) in [6.07, 6.45) is 1.27. The van der Waals surface area contributed by atoms with Gasteiger partial charge in [-0.05, 0) is 51.7 Å². The number of aromatic amines is 1. The summed E-state index contributed by atoms with van der Waals surface area (Å²) in [6, 6.07) is 7.59. The average Bonchev–Trinajstić information content (AvgIpc) is 3.37. The minimum absolute atomic E-state index is 0.119. The van der Waals surface area contributed by atoms with E-state index in [9.17, 15) is 10.1 Å². The number of nitriles is 1. The fourth-order valence-corrected chi connectivity index (χ4v) is 6.18. The third-order valence-electron chi connectivity index (χ3n) is 8.45. The number of hydrogen-bond donors (Lipinski definition) is 1. The van der Waals surface area contributed by atoms with Crippen LogP contribution in [0.4, 0.5) is 16.2 Å². The Morgan fingerprint density at radius 1 is 1.26 bits per heavy atom. The normalized spacial score (nSPS) is 17.6. The van der Waals surface area contributed by atoms with E-state index in [1.54, 1.807) is 11.0 Å². The van der Waals surface area contributed by atoms with E-state index >= 15 is 4.39 Å². The number of amides is 1. The fourth-order valence-electron chi connectivity index (χ4n) is 5.89. The molecule has 1 amide bonds. The van der Waals surface area contributed by atoms with Gasteiger partial charge in [-0.2, -0.15) is 15.3 Å². The Labute approximate surface area is 253 Å². The molecule has 0 bridgehead atoms. The van der Waals surface area contributed by atoms with E-state index in [2.05, 4.69) is 34.3 Å². The van der Waals surface area contributed by atoms with E-state index in [0.29, 0.717) is 71.5 Å². The molecule has 2 saturated heterocycles. The highest BCUT2D eigenvalue weighted by molar-refractivity contribution is 6.35. The van der Waals surface area contributed by atoms with E-state index in [1.165, 1.54) is 6.08 Å². The number of aromatic nitrogens is 4. The molecule has 0 unspecified atom stereocenters. The minimum atomic E-state index is -0.607. The zero-order valence-electron chi connectivity index (χ0n) is 24.4. The van der Waals surface area contributed by atoms with Gasteiger partial charge in [0.05, 0.1) is 17.1 Å². The summed E-state index contributed by atoms with van der Waals surface area (Å²) in [4.78, 5) is 30.0. The predicted octanol–water partition coefficient (Wildman–Crippen LogP) is 4.63. The maximum atomic E-state index is 17.0. The van der Waals surface area contributed by atoms with Gasteiger partial charge in [-0.15, -0.1) is 0 Å². The molecule has 12 heteroatoms. The molecule has 2 aliphatic heterocycles. The van der Waals surface area contributed by atoms with E-state index in [4.69, 9.17) is 21.6 Å². The lowest BCUT2D eigenvalue weighted by atomic mass is 9.94. The fraction of sp³-hybridized carbons (Fsp3) is 0.323. The molecular formula is C31H31ClFN9O. The van der Waals surface area contributed by atoms with E-state index in [1.807, 2.05) is 49.9 Å². The maximum Gasteiger partial charge on any atom is 0.250 e. The van der Waals surface area contributed by atoms with Crippen LogP contribution in [0.15, 0.2) is 43.1 Å². The number of carbonyl (C=O) groups excluding carboxylic acids is 1. The molecule has 4 aromatic rings. The van der Waals surface area contributed by atoms with Crippen LogP contribution in [0.1, 0.15) is 18.2 Å². The largest absolute Gasteiger partial charge is 0.346 e.